The number of nitrogens with zero attached hydrogens (tertiary/aromatic N) is 3. The highest BCUT2D eigenvalue weighted by molar-refractivity contribution is 5.14. The zero-order valence-corrected chi connectivity index (χ0v) is 9.09. The van der Waals surface area contributed by atoms with Crippen LogP contribution in [0.2, 0.25) is 0 Å². The van der Waals surface area contributed by atoms with Gasteiger partial charge in [-0.25, -0.2) is 9.67 Å². The molecule has 1 aromatic heterocycles. The summed E-state index contributed by atoms with van der Waals surface area (Å²) in [5.41, 5.74) is 1.25. The lowest BCUT2D eigenvalue weighted by molar-refractivity contribution is 0.657. The van der Waals surface area contributed by atoms with Crippen LogP contribution < -0.4 is 0 Å². The second-order valence-electron chi connectivity index (χ2n) is 3.94. The summed E-state index contributed by atoms with van der Waals surface area (Å²) in [4.78, 5) is 4.26. The summed E-state index contributed by atoms with van der Waals surface area (Å²) in [5, 5.41) is 4.41. The maximum atomic E-state index is 4.41. The van der Waals surface area contributed by atoms with Crippen molar-refractivity contribution in [3.63, 3.8) is 0 Å². The van der Waals surface area contributed by atoms with Crippen LogP contribution in [0.25, 0.3) is 0 Å². The minimum absolute atomic E-state index is 0.391. The molecule has 3 nitrogen and oxygen atoms in total. The van der Waals surface area contributed by atoms with Gasteiger partial charge >= 0.3 is 0 Å². The lowest BCUT2D eigenvalue weighted by atomic mass is 10.2. The third-order valence-corrected chi connectivity index (χ3v) is 2.26. The van der Waals surface area contributed by atoms with Gasteiger partial charge in [0.2, 0.25) is 0 Å². The molecular formula is C12H15N3. The molecule has 2 aromatic rings. The van der Waals surface area contributed by atoms with Gasteiger partial charge in [0.15, 0.2) is 5.82 Å². The molecule has 2 rings (SSSR count). The molecule has 0 N–H and O–H groups in total. The van der Waals surface area contributed by atoms with E-state index in [1.807, 2.05) is 22.9 Å². The summed E-state index contributed by atoms with van der Waals surface area (Å²) in [5.74, 6) is 1.30. The monoisotopic (exact) mass is 201 g/mol. The van der Waals surface area contributed by atoms with Crippen molar-refractivity contribution < 1.29 is 0 Å². The Bertz CT molecular complexity index is 417. The maximum absolute atomic E-state index is 4.41. The summed E-state index contributed by atoms with van der Waals surface area (Å²) in [7, 11) is 0. The van der Waals surface area contributed by atoms with E-state index >= 15 is 0 Å². The van der Waals surface area contributed by atoms with Crippen molar-refractivity contribution >= 4 is 0 Å². The van der Waals surface area contributed by atoms with Crippen LogP contribution in [0.3, 0.4) is 0 Å². The SMILES string of the molecule is CC(C)c1ncn(Cc2ccccc2)n1. The Labute approximate surface area is 89.8 Å². The van der Waals surface area contributed by atoms with E-state index in [0.29, 0.717) is 5.92 Å². The first-order valence-electron chi connectivity index (χ1n) is 5.19. The van der Waals surface area contributed by atoms with Crippen LogP contribution in [0.15, 0.2) is 36.7 Å². The van der Waals surface area contributed by atoms with E-state index in [2.05, 4.69) is 36.1 Å². The summed E-state index contributed by atoms with van der Waals surface area (Å²) in [6.45, 7) is 4.99. The predicted molar refractivity (Wildman–Crippen MR) is 59.7 cm³/mol. The molecule has 0 amide bonds. The van der Waals surface area contributed by atoms with Crippen LogP contribution in [0, 0.1) is 0 Å². The number of rotatable bonds is 3. The zero-order chi connectivity index (χ0) is 10.7. The van der Waals surface area contributed by atoms with Gasteiger partial charge in [0.1, 0.15) is 6.33 Å². The molecule has 0 bridgehead atoms. The molecular weight excluding hydrogens is 186 g/mol. The third kappa shape index (κ3) is 2.43. The summed E-state index contributed by atoms with van der Waals surface area (Å²) < 4.78 is 1.88. The van der Waals surface area contributed by atoms with Gasteiger partial charge in [-0.15, -0.1) is 0 Å². The first kappa shape index (κ1) is 9.90. The highest BCUT2D eigenvalue weighted by atomic mass is 15.3. The molecule has 0 saturated heterocycles. The molecule has 0 aliphatic carbocycles. The van der Waals surface area contributed by atoms with Gasteiger partial charge < -0.3 is 0 Å². The Hall–Kier alpha value is -1.64. The highest BCUT2D eigenvalue weighted by Crippen LogP contribution is 2.08. The summed E-state index contributed by atoms with van der Waals surface area (Å²) >= 11 is 0. The number of hydrogen-bond acceptors (Lipinski definition) is 2. The number of benzene rings is 1. The van der Waals surface area contributed by atoms with Crippen molar-refractivity contribution in [2.45, 2.75) is 26.3 Å². The van der Waals surface area contributed by atoms with E-state index in [0.717, 1.165) is 12.4 Å². The van der Waals surface area contributed by atoms with Crippen molar-refractivity contribution in [2.24, 2.45) is 0 Å². The van der Waals surface area contributed by atoms with Crippen LogP contribution in [0.4, 0.5) is 0 Å². The molecule has 0 unspecified atom stereocenters. The van der Waals surface area contributed by atoms with Gasteiger partial charge in [-0.05, 0) is 5.56 Å². The molecule has 0 atom stereocenters. The molecule has 78 valence electrons. The Kier molecular flexibility index (Phi) is 2.81. The van der Waals surface area contributed by atoms with Crippen molar-refractivity contribution in [2.75, 3.05) is 0 Å². The third-order valence-electron chi connectivity index (χ3n) is 2.26. The molecule has 0 saturated carbocycles. The van der Waals surface area contributed by atoms with Crippen LogP contribution in [-0.4, -0.2) is 14.8 Å². The summed E-state index contributed by atoms with van der Waals surface area (Å²) in [6.07, 6.45) is 1.79. The molecule has 0 fully saturated rings. The van der Waals surface area contributed by atoms with Crippen molar-refractivity contribution in [3.8, 4) is 0 Å². The minimum atomic E-state index is 0.391. The van der Waals surface area contributed by atoms with E-state index in [1.54, 1.807) is 6.33 Å². The predicted octanol–water partition coefficient (Wildman–Crippen LogP) is 2.45. The average molecular weight is 201 g/mol. The van der Waals surface area contributed by atoms with Crippen molar-refractivity contribution in [3.05, 3.63) is 48.0 Å². The topological polar surface area (TPSA) is 30.7 Å². The Morgan fingerprint density at radius 1 is 1.20 bits per heavy atom. The fourth-order valence-corrected chi connectivity index (χ4v) is 1.42. The second kappa shape index (κ2) is 4.26. The standard InChI is InChI=1S/C12H15N3/c1-10(2)12-13-9-15(14-12)8-11-6-4-3-5-7-11/h3-7,9-10H,8H2,1-2H3. The number of hydrogen-bond donors (Lipinski definition) is 0. The van der Waals surface area contributed by atoms with Gasteiger partial charge in [-0.1, -0.05) is 44.2 Å². The van der Waals surface area contributed by atoms with Crippen molar-refractivity contribution in [1.29, 1.82) is 0 Å². The Balaban J connectivity index is 2.12. The zero-order valence-electron chi connectivity index (χ0n) is 9.09. The first-order chi connectivity index (χ1) is 7.25. The average Bonchev–Trinajstić information content (AvgIpc) is 2.68. The van der Waals surface area contributed by atoms with Gasteiger partial charge in [-0.2, -0.15) is 5.10 Å². The highest BCUT2D eigenvalue weighted by Gasteiger charge is 2.04. The fourth-order valence-electron chi connectivity index (χ4n) is 1.42. The Morgan fingerprint density at radius 3 is 2.53 bits per heavy atom. The lowest BCUT2D eigenvalue weighted by Gasteiger charge is -2.00. The van der Waals surface area contributed by atoms with Crippen LogP contribution in [0.5, 0.6) is 0 Å². The molecule has 0 spiro atoms. The molecule has 0 radical (unpaired) electrons. The van der Waals surface area contributed by atoms with E-state index in [1.165, 1.54) is 5.56 Å². The van der Waals surface area contributed by atoms with E-state index < -0.39 is 0 Å². The quantitative estimate of drug-likeness (QED) is 0.763. The van der Waals surface area contributed by atoms with E-state index in [4.69, 9.17) is 0 Å². The smallest absolute Gasteiger partial charge is 0.153 e. The second-order valence-corrected chi connectivity index (χ2v) is 3.94. The molecule has 0 aliphatic heterocycles. The van der Waals surface area contributed by atoms with Gasteiger partial charge in [0.25, 0.3) is 0 Å². The first-order valence-corrected chi connectivity index (χ1v) is 5.19. The van der Waals surface area contributed by atoms with Crippen LogP contribution in [0.1, 0.15) is 31.2 Å². The van der Waals surface area contributed by atoms with Gasteiger partial charge in [0.05, 0.1) is 6.54 Å². The van der Waals surface area contributed by atoms with E-state index in [-0.39, 0.29) is 0 Å². The van der Waals surface area contributed by atoms with Gasteiger partial charge in [0, 0.05) is 5.92 Å². The minimum Gasteiger partial charge on any atom is -0.248 e. The van der Waals surface area contributed by atoms with Crippen molar-refractivity contribution in [1.82, 2.24) is 14.8 Å². The Morgan fingerprint density at radius 2 is 1.93 bits per heavy atom. The van der Waals surface area contributed by atoms with Gasteiger partial charge in [-0.3, -0.25) is 0 Å². The number of aromatic nitrogens is 3. The molecule has 3 heteroatoms. The maximum Gasteiger partial charge on any atom is 0.153 e. The summed E-state index contributed by atoms with van der Waals surface area (Å²) in [6, 6.07) is 10.3. The molecule has 15 heavy (non-hydrogen) atoms. The molecule has 1 heterocycles. The van der Waals surface area contributed by atoms with Crippen LogP contribution in [-0.2, 0) is 6.54 Å². The molecule has 0 aliphatic rings. The normalized spacial score (nSPS) is 10.9. The molecule has 1 aromatic carbocycles. The van der Waals surface area contributed by atoms with Crippen LogP contribution >= 0.6 is 0 Å². The fraction of sp³-hybridized carbons (Fsp3) is 0.333. The van der Waals surface area contributed by atoms with E-state index in [9.17, 15) is 0 Å². The lowest BCUT2D eigenvalue weighted by Crippen LogP contribution is -2.01. The largest absolute Gasteiger partial charge is 0.248 e.